The number of hydrogen-bond donors (Lipinski definition) is 0. The fraction of sp³-hybridized carbons (Fsp3) is 0.667. The van der Waals surface area contributed by atoms with E-state index in [2.05, 4.69) is 11.8 Å². The maximum Gasteiger partial charge on any atom is 0.205 e. The van der Waals surface area contributed by atoms with Crippen molar-refractivity contribution in [2.75, 3.05) is 0 Å². The van der Waals surface area contributed by atoms with Crippen molar-refractivity contribution in [1.29, 1.82) is 0 Å². The molecule has 2 nitrogen and oxygen atoms in total. The van der Waals surface area contributed by atoms with Crippen LogP contribution in [0.3, 0.4) is 0 Å². The van der Waals surface area contributed by atoms with Crippen LogP contribution in [-0.2, 0) is 9.59 Å². The summed E-state index contributed by atoms with van der Waals surface area (Å²) in [6.45, 7) is 4.04. The molecule has 0 spiro atoms. The summed E-state index contributed by atoms with van der Waals surface area (Å²) in [6.07, 6.45) is 4.64. The van der Waals surface area contributed by atoms with Crippen LogP contribution in [0, 0.1) is 11.8 Å². The van der Waals surface area contributed by atoms with Gasteiger partial charge in [-0.2, -0.15) is 0 Å². The molecule has 0 radical (unpaired) electrons. The van der Waals surface area contributed by atoms with Gasteiger partial charge in [0.2, 0.25) is 11.6 Å². The SMILES string of the molecule is CCCCC(=O)C#CC(=O)CCCC. The van der Waals surface area contributed by atoms with Gasteiger partial charge in [0.15, 0.2) is 0 Å². The minimum Gasteiger partial charge on any atom is -0.285 e. The van der Waals surface area contributed by atoms with E-state index in [4.69, 9.17) is 0 Å². The molecular weight excluding hydrogens is 176 g/mol. The lowest BCUT2D eigenvalue weighted by atomic mass is 10.1. The van der Waals surface area contributed by atoms with E-state index in [-0.39, 0.29) is 11.6 Å². The molecule has 0 aliphatic carbocycles. The number of carbonyl (C=O) groups excluding carboxylic acids is 2. The van der Waals surface area contributed by atoms with Gasteiger partial charge in [-0.25, -0.2) is 0 Å². The Morgan fingerprint density at radius 1 is 0.857 bits per heavy atom. The Morgan fingerprint density at radius 3 is 1.50 bits per heavy atom. The summed E-state index contributed by atoms with van der Waals surface area (Å²) in [4.78, 5) is 22.1. The summed E-state index contributed by atoms with van der Waals surface area (Å²) in [5.41, 5.74) is 0. The molecule has 0 saturated heterocycles. The summed E-state index contributed by atoms with van der Waals surface area (Å²) in [5, 5.41) is 0. The fourth-order valence-corrected chi connectivity index (χ4v) is 0.939. The van der Waals surface area contributed by atoms with Crippen molar-refractivity contribution in [3.63, 3.8) is 0 Å². The summed E-state index contributed by atoms with van der Waals surface area (Å²) in [6, 6.07) is 0. The maximum atomic E-state index is 11.1. The third-order valence-corrected chi connectivity index (χ3v) is 1.86. The highest BCUT2D eigenvalue weighted by molar-refractivity contribution is 6.04. The van der Waals surface area contributed by atoms with E-state index >= 15 is 0 Å². The molecule has 0 aliphatic rings. The molecule has 0 unspecified atom stereocenters. The topological polar surface area (TPSA) is 34.1 Å². The van der Waals surface area contributed by atoms with Gasteiger partial charge in [0.1, 0.15) is 0 Å². The Kier molecular flexibility index (Phi) is 7.83. The van der Waals surface area contributed by atoms with Crippen LogP contribution in [0.15, 0.2) is 0 Å². The molecule has 0 bridgehead atoms. The van der Waals surface area contributed by atoms with Crippen LogP contribution in [0.25, 0.3) is 0 Å². The quantitative estimate of drug-likeness (QED) is 0.481. The van der Waals surface area contributed by atoms with Crippen molar-refractivity contribution < 1.29 is 9.59 Å². The summed E-state index contributed by atoms with van der Waals surface area (Å²) in [7, 11) is 0. The number of ketones is 2. The van der Waals surface area contributed by atoms with Crippen molar-refractivity contribution in [1.82, 2.24) is 0 Å². The van der Waals surface area contributed by atoms with E-state index in [0.717, 1.165) is 25.7 Å². The number of Topliss-reactive ketones (excluding diaryl/α,β-unsaturated/α-hetero) is 2. The van der Waals surface area contributed by atoms with Gasteiger partial charge in [0.05, 0.1) is 0 Å². The van der Waals surface area contributed by atoms with Crippen LogP contribution >= 0.6 is 0 Å². The lowest BCUT2D eigenvalue weighted by Gasteiger charge is -1.89. The molecule has 0 rings (SSSR count). The molecule has 0 saturated carbocycles. The summed E-state index contributed by atoms with van der Waals surface area (Å²) in [5.74, 6) is 4.55. The molecule has 14 heavy (non-hydrogen) atoms. The van der Waals surface area contributed by atoms with Crippen LogP contribution < -0.4 is 0 Å². The minimum absolute atomic E-state index is 0.114. The van der Waals surface area contributed by atoms with Gasteiger partial charge in [-0.15, -0.1) is 0 Å². The predicted octanol–water partition coefficient (Wildman–Crippen LogP) is 2.51. The van der Waals surface area contributed by atoms with E-state index in [1.165, 1.54) is 0 Å². The highest BCUT2D eigenvalue weighted by atomic mass is 16.1. The zero-order chi connectivity index (χ0) is 10.8. The van der Waals surface area contributed by atoms with Gasteiger partial charge in [-0.05, 0) is 24.7 Å². The molecule has 0 N–H and O–H groups in total. The van der Waals surface area contributed by atoms with Crippen molar-refractivity contribution in [3.05, 3.63) is 0 Å². The zero-order valence-electron chi connectivity index (χ0n) is 9.06. The summed E-state index contributed by atoms with van der Waals surface area (Å²) < 4.78 is 0. The Hall–Kier alpha value is -1.10. The Bertz CT molecular complexity index is 219. The first-order chi connectivity index (χ1) is 6.70. The van der Waals surface area contributed by atoms with E-state index in [0.29, 0.717) is 12.8 Å². The second-order valence-electron chi connectivity index (χ2n) is 3.30. The molecule has 0 heterocycles. The first-order valence-electron chi connectivity index (χ1n) is 5.28. The largest absolute Gasteiger partial charge is 0.285 e. The molecular formula is C12H18O2. The fourth-order valence-electron chi connectivity index (χ4n) is 0.939. The highest BCUT2D eigenvalue weighted by Crippen LogP contribution is 1.95. The monoisotopic (exact) mass is 194 g/mol. The van der Waals surface area contributed by atoms with Crippen molar-refractivity contribution in [3.8, 4) is 11.8 Å². The summed E-state index contributed by atoms with van der Waals surface area (Å²) >= 11 is 0. The maximum absolute atomic E-state index is 11.1. The van der Waals surface area contributed by atoms with Crippen LogP contribution in [0.2, 0.25) is 0 Å². The van der Waals surface area contributed by atoms with Gasteiger partial charge in [-0.3, -0.25) is 9.59 Å². The second-order valence-corrected chi connectivity index (χ2v) is 3.30. The molecule has 2 heteroatoms. The molecule has 0 amide bonds. The average molecular weight is 194 g/mol. The van der Waals surface area contributed by atoms with Gasteiger partial charge < -0.3 is 0 Å². The van der Waals surface area contributed by atoms with Gasteiger partial charge in [0.25, 0.3) is 0 Å². The third kappa shape index (κ3) is 7.54. The number of rotatable bonds is 6. The lowest BCUT2D eigenvalue weighted by Crippen LogP contribution is -1.97. The Balaban J connectivity index is 3.78. The number of hydrogen-bond acceptors (Lipinski definition) is 2. The number of carbonyl (C=O) groups is 2. The molecule has 0 fully saturated rings. The Morgan fingerprint density at radius 2 is 1.21 bits per heavy atom. The van der Waals surface area contributed by atoms with Gasteiger partial charge in [-0.1, -0.05) is 26.7 Å². The van der Waals surface area contributed by atoms with Crippen LogP contribution in [-0.4, -0.2) is 11.6 Å². The van der Waals surface area contributed by atoms with Crippen molar-refractivity contribution >= 4 is 11.6 Å². The Labute approximate surface area is 86.1 Å². The standard InChI is InChI=1S/C12H18O2/c1-3-5-7-11(13)9-10-12(14)8-6-4-2/h3-8H2,1-2H3. The van der Waals surface area contributed by atoms with Gasteiger partial charge in [0, 0.05) is 12.8 Å². The van der Waals surface area contributed by atoms with Crippen molar-refractivity contribution in [2.45, 2.75) is 52.4 Å². The first-order valence-corrected chi connectivity index (χ1v) is 5.28. The average Bonchev–Trinajstić information content (AvgIpc) is 2.20. The number of unbranched alkanes of at least 4 members (excludes halogenated alkanes) is 2. The van der Waals surface area contributed by atoms with E-state index < -0.39 is 0 Å². The van der Waals surface area contributed by atoms with Crippen molar-refractivity contribution in [2.24, 2.45) is 0 Å². The smallest absolute Gasteiger partial charge is 0.205 e. The first kappa shape index (κ1) is 12.9. The molecule has 0 aromatic carbocycles. The van der Waals surface area contributed by atoms with E-state index in [1.54, 1.807) is 0 Å². The van der Waals surface area contributed by atoms with Crippen LogP contribution in [0.1, 0.15) is 52.4 Å². The molecule has 78 valence electrons. The molecule has 0 atom stereocenters. The molecule has 0 aromatic rings. The minimum atomic E-state index is -0.114. The second kappa shape index (κ2) is 8.50. The van der Waals surface area contributed by atoms with Gasteiger partial charge >= 0.3 is 0 Å². The third-order valence-electron chi connectivity index (χ3n) is 1.86. The molecule has 0 aromatic heterocycles. The molecule has 0 aliphatic heterocycles. The van der Waals surface area contributed by atoms with E-state index in [9.17, 15) is 9.59 Å². The van der Waals surface area contributed by atoms with Crippen LogP contribution in [0.5, 0.6) is 0 Å². The van der Waals surface area contributed by atoms with E-state index in [1.807, 2.05) is 13.8 Å². The zero-order valence-corrected chi connectivity index (χ0v) is 9.06. The lowest BCUT2D eigenvalue weighted by molar-refractivity contribution is -0.115. The highest BCUT2D eigenvalue weighted by Gasteiger charge is 1.97. The predicted molar refractivity (Wildman–Crippen MR) is 56.8 cm³/mol. The van der Waals surface area contributed by atoms with Crippen LogP contribution in [0.4, 0.5) is 0 Å². The normalized spacial score (nSPS) is 9.00.